The van der Waals surface area contributed by atoms with Crippen LogP contribution in [0.25, 0.3) is 0 Å². The second kappa shape index (κ2) is 5.17. The first-order valence-electron chi connectivity index (χ1n) is 6.07. The molecule has 2 heterocycles. The molecule has 1 atom stereocenters. The first kappa shape index (κ1) is 11.9. The Morgan fingerprint density at radius 2 is 2.41 bits per heavy atom. The van der Waals surface area contributed by atoms with Gasteiger partial charge in [0.05, 0.1) is 6.54 Å². The van der Waals surface area contributed by atoms with E-state index < -0.39 is 0 Å². The fraction of sp³-hybridized carbons (Fsp3) is 0.538. The Morgan fingerprint density at radius 3 is 3.12 bits per heavy atom. The molecule has 0 aliphatic carbocycles. The Labute approximate surface area is 102 Å². The topological polar surface area (TPSA) is 42.4 Å². The Balaban J connectivity index is 1.92. The maximum absolute atomic E-state index is 11.5. The average molecular weight is 234 g/mol. The van der Waals surface area contributed by atoms with Gasteiger partial charge >= 0.3 is 0 Å². The lowest BCUT2D eigenvalue weighted by Crippen LogP contribution is -2.30. The summed E-state index contributed by atoms with van der Waals surface area (Å²) in [5, 5.41) is 0. The summed E-state index contributed by atoms with van der Waals surface area (Å²) in [6.07, 6.45) is 1.54. The van der Waals surface area contributed by atoms with Crippen molar-refractivity contribution in [3.8, 4) is 5.88 Å². The van der Waals surface area contributed by atoms with Crippen molar-refractivity contribution in [1.29, 1.82) is 0 Å². The number of aromatic nitrogens is 1. The van der Waals surface area contributed by atoms with Gasteiger partial charge in [-0.15, -0.1) is 0 Å². The highest BCUT2D eigenvalue weighted by atomic mass is 16.5. The van der Waals surface area contributed by atoms with E-state index in [1.807, 2.05) is 36.9 Å². The van der Waals surface area contributed by atoms with Gasteiger partial charge in [0, 0.05) is 31.1 Å². The van der Waals surface area contributed by atoms with E-state index in [-0.39, 0.29) is 12.0 Å². The van der Waals surface area contributed by atoms with Gasteiger partial charge in [0.2, 0.25) is 11.8 Å². The van der Waals surface area contributed by atoms with Crippen molar-refractivity contribution >= 4 is 5.91 Å². The van der Waals surface area contributed by atoms with E-state index in [1.165, 1.54) is 0 Å². The second-order valence-corrected chi connectivity index (χ2v) is 4.34. The molecule has 0 saturated carbocycles. The molecule has 1 aromatic rings. The monoisotopic (exact) mass is 234 g/mol. The van der Waals surface area contributed by atoms with Gasteiger partial charge in [0.25, 0.3) is 0 Å². The lowest BCUT2D eigenvalue weighted by molar-refractivity contribution is -0.130. The van der Waals surface area contributed by atoms with Crippen LogP contribution in [0.3, 0.4) is 0 Å². The number of aryl methyl sites for hydroxylation is 1. The van der Waals surface area contributed by atoms with Crippen LogP contribution in [0, 0.1) is 6.92 Å². The summed E-state index contributed by atoms with van der Waals surface area (Å²) in [4.78, 5) is 17.7. The number of nitrogens with zero attached hydrogens (tertiary/aromatic N) is 2. The van der Waals surface area contributed by atoms with Crippen LogP contribution in [0.15, 0.2) is 18.2 Å². The molecule has 4 nitrogen and oxygen atoms in total. The molecule has 92 valence electrons. The molecule has 1 amide bonds. The van der Waals surface area contributed by atoms with Crippen molar-refractivity contribution in [3.05, 3.63) is 23.9 Å². The first-order valence-corrected chi connectivity index (χ1v) is 6.07. The minimum atomic E-state index is 0.0831. The van der Waals surface area contributed by atoms with Crippen molar-refractivity contribution in [3.63, 3.8) is 0 Å². The van der Waals surface area contributed by atoms with Crippen molar-refractivity contribution in [1.82, 2.24) is 9.88 Å². The summed E-state index contributed by atoms with van der Waals surface area (Å²) in [5.74, 6) is 0.856. The number of amides is 1. The molecule has 1 aliphatic heterocycles. The van der Waals surface area contributed by atoms with Gasteiger partial charge in [-0.25, -0.2) is 4.98 Å². The number of pyridine rings is 1. The molecule has 1 aliphatic rings. The third kappa shape index (κ3) is 2.96. The van der Waals surface area contributed by atoms with E-state index in [0.29, 0.717) is 18.8 Å². The summed E-state index contributed by atoms with van der Waals surface area (Å²) < 4.78 is 5.78. The van der Waals surface area contributed by atoms with Crippen LogP contribution in [-0.4, -0.2) is 35.0 Å². The van der Waals surface area contributed by atoms with Crippen molar-refractivity contribution in [2.45, 2.75) is 32.8 Å². The maximum atomic E-state index is 11.5. The number of hydrogen-bond acceptors (Lipinski definition) is 3. The zero-order valence-electron chi connectivity index (χ0n) is 10.3. The molecule has 0 bridgehead atoms. The normalized spacial score (nSPS) is 19.4. The van der Waals surface area contributed by atoms with Crippen LogP contribution in [0.2, 0.25) is 0 Å². The molecule has 0 aromatic carbocycles. The molecule has 17 heavy (non-hydrogen) atoms. The number of rotatable bonds is 3. The number of carbonyl (C=O) groups is 1. The van der Waals surface area contributed by atoms with Crippen LogP contribution in [0.4, 0.5) is 0 Å². The number of ether oxygens (including phenoxy) is 1. The summed E-state index contributed by atoms with van der Waals surface area (Å²) in [6, 6.07) is 5.73. The lowest BCUT2D eigenvalue weighted by atomic mass is 10.3. The van der Waals surface area contributed by atoms with E-state index in [9.17, 15) is 4.79 Å². The second-order valence-electron chi connectivity index (χ2n) is 4.34. The molecular formula is C13H18N2O2. The standard InChI is InChI=1S/C13H18N2O2/c1-3-13(16)15-8-7-11(9-15)17-12-6-4-5-10(2)14-12/h4-6,11H,3,7-9H2,1-2H3. The Hall–Kier alpha value is -1.58. The number of hydrogen-bond donors (Lipinski definition) is 0. The Bertz CT molecular complexity index is 406. The average Bonchev–Trinajstić information content (AvgIpc) is 2.76. The van der Waals surface area contributed by atoms with E-state index in [0.717, 1.165) is 18.7 Å². The summed E-state index contributed by atoms with van der Waals surface area (Å²) >= 11 is 0. The molecular weight excluding hydrogens is 216 g/mol. The van der Waals surface area contributed by atoms with Gasteiger partial charge in [-0.1, -0.05) is 13.0 Å². The first-order chi connectivity index (χ1) is 8.19. The lowest BCUT2D eigenvalue weighted by Gasteiger charge is -2.16. The third-order valence-electron chi connectivity index (χ3n) is 2.95. The molecule has 1 unspecified atom stereocenters. The van der Waals surface area contributed by atoms with Gasteiger partial charge in [0.1, 0.15) is 6.10 Å². The molecule has 2 rings (SSSR count). The predicted octanol–water partition coefficient (Wildman–Crippen LogP) is 1.78. The molecule has 0 radical (unpaired) electrons. The summed E-state index contributed by atoms with van der Waals surface area (Å²) in [6.45, 7) is 5.30. The van der Waals surface area contributed by atoms with E-state index in [4.69, 9.17) is 4.74 Å². The van der Waals surface area contributed by atoms with Gasteiger partial charge in [0.15, 0.2) is 0 Å². The van der Waals surface area contributed by atoms with Gasteiger partial charge in [-0.05, 0) is 13.0 Å². The quantitative estimate of drug-likeness (QED) is 0.800. The maximum Gasteiger partial charge on any atom is 0.222 e. The molecule has 4 heteroatoms. The smallest absolute Gasteiger partial charge is 0.222 e. The van der Waals surface area contributed by atoms with Crippen LogP contribution >= 0.6 is 0 Å². The van der Waals surface area contributed by atoms with Crippen molar-refractivity contribution < 1.29 is 9.53 Å². The Kier molecular flexibility index (Phi) is 3.61. The fourth-order valence-electron chi connectivity index (χ4n) is 2.03. The zero-order valence-corrected chi connectivity index (χ0v) is 10.3. The van der Waals surface area contributed by atoms with Gasteiger partial charge in [-0.3, -0.25) is 4.79 Å². The molecule has 1 aromatic heterocycles. The largest absolute Gasteiger partial charge is 0.472 e. The fourth-order valence-corrected chi connectivity index (χ4v) is 2.03. The SMILES string of the molecule is CCC(=O)N1CCC(Oc2cccc(C)n2)C1. The minimum absolute atomic E-state index is 0.0831. The summed E-state index contributed by atoms with van der Waals surface area (Å²) in [5.41, 5.74) is 0.946. The Morgan fingerprint density at radius 1 is 1.59 bits per heavy atom. The minimum Gasteiger partial charge on any atom is -0.472 e. The molecule has 1 saturated heterocycles. The summed E-state index contributed by atoms with van der Waals surface area (Å²) in [7, 11) is 0. The molecule has 0 N–H and O–H groups in total. The highest BCUT2D eigenvalue weighted by Crippen LogP contribution is 2.17. The van der Waals surface area contributed by atoms with E-state index in [1.54, 1.807) is 0 Å². The van der Waals surface area contributed by atoms with Crippen LogP contribution in [-0.2, 0) is 4.79 Å². The number of carbonyl (C=O) groups excluding carboxylic acids is 1. The van der Waals surface area contributed by atoms with E-state index >= 15 is 0 Å². The van der Waals surface area contributed by atoms with E-state index in [2.05, 4.69) is 4.98 Å². The van der Waals surface area contributed by atoms with Crippen LogP contribution < -0.4 is 4.74 Å². The predicted molar refractivity (Wildman–Crippen MR) is 64.9 cm³/mol. The van der Waals surface area contributed by atoms with Crippen molar-refractivity contribution in [2.24, 2.45) is 0 Å². The van der Waals surface area contributed by atoms with Gasteiger partial charge < -0.3 is 9.64 Å². The highest BCUT2D eigenvalue weighted by molar-refractivity contribution is 5.76. The highest BCUT2D eigenvalue weighted by Gasteiger charge is 2.26. The molecule has 1 fully saturated rings. The zero-order chi connectivity index (χ0) is 12.3. The third-order valence-corrected chi connectivity index (χ3v) is 2.95. The number of likely N-dealkylation sites (tertiary alicyclic amines) is 1. The van der Waals surface area contributed by atoms with Crippen LogP contribution in [0.1, 0.15) is 25.5 Å². The van der Waals surface area contributed by atoms with Crippen LogP contribution in [0.5, 0.6) is 5.88 Å². The molecule has 0 spiro atoms. The van der Waals surface area contributed by atoms with Gasteiger partial charge in [-0.2, -0.15) is 0 Å². The van der Waals surface area contributed by atoms with Crippen molar-refractivity contribution in [2.75, 3.05) is 13.1 Å².